The van der Waals surface area contributed by atoms with Crippen molar-refractivity contribution in [2.45, 2.75) is 39.0 Å². The first-order valence-electron chi connectivity index (χ1n) is 10.5. The summed E-state index contributed by atoms with van der Waals surface area (Å²) in [6.45, 7) is 5.88. The van der Waals surface area contributed by atoms with Crippen LogP contribution in [0.1, 0.15) is 48.8 Å². The van der Waals surface area contributed by atoms with Crippen molar-refractivity contribution >= 4 is 33.4 Å². The summed E-state index contributed by atoms with van der Waals surface area (Å²) in [5, 5.41) is 6.90. The third-order valence-corrected chi connectivity index (χ3v) is 7.08. The monoisotopic (exact) mass is 410 g/mol. The molecule has 0 unspecified atom stereocenters. The highest BCUT2D eigenvalue weighted by molar-refractivity contribution is 7.19. The summed E-state index contributed by atoms with van der Waals surface area (Å²) in [6, 6.07) is 0. The third kappa shape index (κ3) is 3.67. The van der Waals surface area contributed by atoms with E-state index in [-0.39, 0.29) is 5.91 Å². The molecule has 5 rings (SSSR count). The maximum Gasteiger partial charge on any atom is 0.280 e. The second-order valence-electron chi connectivity index (χ2n) is 8.14. The van der Waals surface area contributed by atoms with Crippen LogP contribution in [0.4, 0.5) is 5.82 Å². The number of anilines is 1. The predicted octanol–water partition coefficient (Wildman–Crippen LogP) is 3.02. The molecule has 2 aromatic rings. The first-order valence-corrected chi connectivity index (χ1v) is 11.3. The highest BCUT2D eigenvalue weighted by atomic mass is 32.1. The number of hydrogen-bond donors (Lipinski definition) is 2. The Morgan fingerprint density at radius 2 is 2.14 bits per heavy atom. The molecule has 0 bridgehead atoms. The van der Waals surface area contributed by atoms with Crippen LogP contribution < -0.4 is 15.5 Å². The average molecular weight is 411 g/mol. The molecule has 0 aromatic carbocycles. The van der Waals surface area contributed by atoms with Gasteiger partial charge in [-0.3, -0.25) is 4.79 Å². The van der Waals surface area contributed by atoms with E-state index in [0.29, 0.717) is 17.5 Å². The number of rotatable bonds is 4. The van der Waals surface area contributed by atoms with Crippen molar-refractivity contribution in [1.29, 1.82) is 0 Å². The van der Waals surface area contributed by atoms with Gasteiger partial charge in [0.2, 0.25) is 0 Å². The van der Waals surface area contributed by atoms with Gasteiger partial charge < -0.3 is 15.5 Å². The van der Waals surface area contributed by atoms with Gasteiger partial charge in [-0.2, -0.15) is 0 Å². The lowest BCUT2D eigenvalue weighted by Gasteiger charge is -2.23. The molecule has 1 saturated heterocycles. The number of nitrogens with one attached hydrogen (secondary N) is 2. The summed E-state index contributed by atoms with van der Waals surface area (Å²) >= 11 is 1.35. The van der Waals surface area contributed by atoms with Gasteiger partial charge in [-0.1, -0.05) is 23.0 Å². The molecule has 1 fully saturated rings. The van der Waals surface area contributed by atoms with Crippen LogP contribution in [0.3, 0.4) is 0 Å². The molecule has 1 amide bonds. The Morgan fingerprint density at radius 1 is 1.28 bits per heavy atom. The third-order valence-electron chi connectivity index (χ3n) is 6.11. The van der Waals surface area contributed by atoms with Gasteiger partial charge in [0.05, 0.1) is 0 Å². The first-order chi connectivity index (χ1) is 14.2. The van der Waals surface area contributed by atoms with Crippen molar-refractivity contribution in [1.82, 2.24) is 25.6 Å². The van der Waals surface area contributed by atoms with E-state index in [1.54, 1.807) is 6.33 Å². The average Bonchev–Trinajstić information content (AvgIpc) is 3.36. The lowest BCUT2D eigenvalue weighted by atomic mass is 9.98. The van der Waals surface area contributed by atoms with E-state index in [9.17, 15) is 4.79 Å². The van der Waals surface area contributed by atoms with E-state index >= 15 is 0 Å². The van der Waals surface area contributed by atoms with Gasteiger partial charge in [-0.05, 0) is 63.6 Å². The van der Waals surface area contributed by atoms with Crippen molar-refractivity contribution in [3.05, 3.63) is 34.3 Å². The fraction of sp³-hybridized carbons (Fsp3) is 0.524. The second kappa shape index (κ2) is 7.84. The zero-order chi connectivity index (χ0) is 19.8. The molecule has 152 valence electrons. The van der Waals surface area contributed by atoms with Gasteiger partial charge in [-0.25, -0.2) is 15.0 Å². The van der Waals surface area contributed by atoms with E-state index in [4.69, 9.17) is 0 Å². The Kier molecular flexibility index (Phi) is 5.05. The van der Waals surface area contributed by atoms with Crippen LogP contribution in [0, 0.1) is 5.92 Å². The maximum absolute atomic E-state index is 12.7. The summed E-state index contributed by atoms with van der Waals surface area (Å²) in [4.78, 5) is 29.4. The Hall–Kier alpha value is -2.32. The highest BCUT2D eigenvalue weighted by Crippen LogP contribution is 2.38. The first kappa shape index (κ1) is 18.7. The molecule has 7 nitrogen and oxygen atoms in total. The number of carbonyl (C=O) groups excluding carboxylic acids is 1. The van der Waals surface area contributed by atoms with Crippen LogP contribution in [0.15, 0.2) is 29.2 Å². The molecule has 1 aliphatic carbocycles. The number of amides is 1. The van der Waals surface area contributed by atoms with E-state index in [1.807, 2.05) is 0 Å². The van der Waals surface area contributed by atoms with Crippen molar-refractivity contribution in [2.75, 3.05) is 31.1 Å². The minimum absolute atomic E-state index is 0.102. The summed E-state index contributed by atoms with van der Waals surface area (Å²) < 4.78 is 0. The minimum atomic E-state index is -0.102. The lowest BCUT2D eigenvalue weighted by molar-refractivity contribution is 0.0944. The molecular formula is C21H26N6OS. The van der Waals surface area contributed by atoms with Crippen molar-refractivity contribution < 1.29 is 4.79 Å². The van der Waals surface area contributed by atoms with Gasteiger partial charge in [0.1, 0.15) is 16.7 Å². The maximum atomic E-state index is 12.7. The standard InChI is InChI=1S/C21H26N6OS/c1-13-2-3-16-15(10-13)6-9-27(16)18-17-20(25-12-24-18)29-21(26-17)19(28)23-11-14-4-7-22-8-5-14/h10,12,14,22H,2-9,11H2,1H3,(H,23,28). The number of nitrogens with zero attached hydrogens (tertiary/aromatic N) is 4. The number of aromatic nitrogens is 3. The normalized spacial score (nSPS) is 20.2. The molecular weight excluding hydrogens is 384 g/mol. The number of allylic oxidation sites excluding steroid dienone is 3. The quantitative estimate of drug-likeness (QED) is 0.806. The fourth-order valence-electron chi connectivity index (χ4n) is 4.49. The van der Waals surface area contributed by atoms with Gasteiger partial charge in [0.15, 0.2) is 10.8 Å². The molecule has 3 aliphatic rings. The molecule has 4 heterocycles. The molecule has 29 heavy (non-hydrogen) atoms. The summed E-state index contributed by atoms with van der Waals surface area (Å²) in [5.41, 5.74) is 4.94. The molecule has 0 saturated carbocycles. The molecule has 0 atom stereocenters. The number of hydrogen-bond acceptors (Lipinski definition) is 7. The smallest absolute Gasteiger partial charge is 0.280 e. The lowest BCUT2D eigenvalue weighted by Crippen LogP contribution is -2.35. The van der Waals surface area contributed by atoms with Gasteiger partial charge in [-0.15, -0.1) is 0 Å². The van der Waals surface area contributed by atoms with Gasteiger partial charge >= 0.3 is 0 Å². The second-order valence-corrected chi connectivity index (χ2v) is 9.12. The van der Waals surface area contributed by atoms with Crippen molar-refractivity contribution in [3.8, 4) is 0 Å². The van der Waals surface area contributed by atoms with Crippen molar-refractivity contribution in [3.63, 3.8) is 0 Å². The Balaban J connectivity index is 1.38. The van der Waals surface area contributed by atoms with E-state index in [2.05, 4.69) is 43.5 Å². The van der Waals surface area contributed by atoms with Crippen LogP contribution in [0.25, 0.3) is 10.3 Å². The van der Waals surface area contributed by atoms with E-state index in [1.165, 1.54) is 28.2 Å². The SMILES string of the molecule is CC1=CC2=C(CC1)N(c1ncnc3sc(C(=O)NCC4CCNCC4)nc13)CC2. The van der Waals surface area contributed by atoms with Crippen LogP contribution in [0.5, 0.6) is 0 Å². The molecule has 2 aliphatic heterocycles. The van der Waals surface area contributed by atoms with Gasteiger partial charge in [0.25, 0.3) is 5.91 Å². The van der Waals surface area contributed by atoms with Crippen LogP contribution in [-0.2, 0) is 0 Å². The number of piperidine rings is 1. The number of thiazole rings is 1. The number of fused-ring (bicyclic) bond motifs is 1. The summed E-state index contributed by atoms with van der Waals surface area (Å²) in [5.74, 6) is 1.28. The molecule has 0 spiro atoms. The Bertz CT molecular complexity index is 1000. The number of carbonyl (C=O) groups is 1. The topological polar surface area (TPSA) is 83.0 Å². The van der Waals surface area contributed by atoms with Crippen LogP contribution >= 0.6 is 11.3 Å². The molecule has 2 N–H and O–H groups in total. The molecule has 8 heteroatoms. The van der Waals surface area contributed by atoms with Gasteiger partial charge in [0, 0.05) is 18.8 Å². The zero-order valence-electron chi connectivity index (χ0n) is 16.7. The van der Waals surface area contributed by atoms with E-state index in [0.717, 1.165) is 67.9 Å². The predicted molar refractivity (Wildman–Crippen MR) is 115 cm³/mol. The minimum Gasteiger partial charge on any atom is -0.350 e. The van der Waals surface area contributed by atoms with Crippen LogP contribution in [0.2, 0.25) is 0 Å². The molecule has 0 radical (unpaired) electrons. The summed E-state index contributed by atoms with van der Waals surface area (Å²) in [6.07, 6.45) is 9.28. The van der Waals surface area contributed by atoms with Crippen LogP contribution in [-0.4, -0.2) is 47.0 Å². The Labute approximate surface area is 174 Å². The van der Waals surface area contributed by atoms with Crippen molar-refractivity contribution in [2.24, 2.45) is 5.92 Å². The molecule has 2 aromatic heterocycles. The largest absolute Gasteiger partial charge is 0.350 e. The zero-order valence-corrected chi connectivity index (χ0v) is 17.5. The Morgan fingerprint density at radius 3 is 3.00 bits per heavy atom. The van der Waals surface area contributed by atoms with E-state index < -0.39 is 0 Å². The summed E-state index contributed by atoms with van der Waals surface area (Å²) in [7, 11) is 0. The highest BCUT2D eigenvalue weighted by Gasteiger charge is 2.28. The fourth-order valence-corrected chi connectivity index (χ4v) is 5.31.